The van der Waals surface area contributed by atoms with Crippen molar-refractivity contribution in [3.05, 3.63) is 53.4 Å². The van der Waals surface area contributed by atoms with Crippen molar-refractivity contribution in [1.29, 1.82) is 0 Å². The molecule has 28 heavy (non-hydrogen) atoms. The maximum Gasteiger partial charge on any atom is 0.473 e. The lowest BCUT2D eigenvalue weighted by Gasteiger charge is -2.39. The predicted octanol–water partition coefficient (Wildman–Crippen LogP) is 4.59. The number of thioether (sulfide) groups is 1. The second kappa shape index (κ2) is 6.61. The monoisotopic (exact) mass is 416 g/mol. The number of benzene rings is 1. The van der Waals surface area contributed by atoms with Crippen LogP contribution in [0.3, 0.4) is 0 Å². The summed E-state index contributed by atoms with van der Waals surface area (Å²) in [7, 11) is 0. The fraction of sp³-hybridized carbons (Fsp3) is 0.333. The number of hydrogen-bond acceptors (Lipinski definition) is 4. The third-order valence-corrected chi connectivity index (χ3v) is 6.03. The van der Waals surface area contributed by atoms with Crippen molar-refractivity contribution < 1.29 is 31.5 Å². The average molecular weight is 416 g/mol. The number of para-hydroxylation sites is 1. The van der Waals surface area contributed by atoms with Crippen LogP contribution in [0.1, 0.15) is 18.4 Å². The van der Waals surface area contributed by atoms with Crippen LogP contribution < -0.4 is 4.74 Å². The summed E-state index contributed by atoms with van der Waals surface area (Å²) in [5.41, 5.74) is 0.0739. The van der Waals surface area contributed by atoms with Crippen LogP contribution >= 0.6 is 11.8 Å². The van der Waals surface area contributed by atoms with Crippen LogP contribution in [0.4, 0.5) is 22.0 Å². The lowest BCUT2D eigenvalue weighted by atomic mass is 9.99. The molecule has 2 unspecified atom stereocenters. The molecule has 2 heterocycles. The number of rotatable bonds is 1. The molecule has 2 atom stereocenters. The zero-order valence-electron chi connectivity index (χ0n) is 14.2. The third-order valence-electron chi connectivity index (χ3n) is 4.60. The van der Waals surface area contributed by atoms with Gasteiger partial charge in [-0.3, -0.25) is 4.79 Å². The molecule has 148 valence electrons. The molecule has 0 saturated carbocycles. The van der Waals surface area contributed by atoms with Gasteiger partial charge in [-0.15, -0.1) is 0 Å². The summed E-state index contributed by atoms with van der Waals surface area (Å²) in [5.74, 6) is -2.64. The van der Waals surface area contributed by atoms with Crippen LogP contribution in [-0.4, -0.2) is 34.9 Å². The van der Waals surface area contributed by atoms with Crippen molar-refractivity contribution in [1.82, 2.24) is 5.01 Å². The summed E-state index contributed by atoms with van der Waals surface area (Å²) in [6, 6.07) is 6.36. The molecule has 1 aromatic rings. The second-order valence-corrected chi connectivity index (χ2v) is 7.65. The smallest absolute Gasteiger partial charge is 0.473 e. The fourth-order valence-electron chi connectivity index (χ4n) is 3.34. The molecule has 1 amide bonds. The zero-order valence-corrected chi connectivity index (χ0v) is 15.0. The van der Waals surface area contributed by atoms with E-state index < -0.39 is 29.0 Å². The summed E-state index contributed by atoms with van der Waals surface area (Å²) in [4.78, 5) is 10.6. The van der Waals surface area contributed by atoms with Crippen molar-refractivity contribution in [3.63, 3.8) is 0 Å². The average Bonchev–Trinajstić information content (AvgIpc) is 3.02. The van der Waals surface area contributed by atoms with Gasteiger partial charge >= 0.3 is 12.1 Å². The van der Waals surface area contributed by atoms with Gasteiger partial charge in [-0.1, -0.05) is 30.0 Å². The molecule has 0 bridgehead atoms. The number of amides is 1. The number of hydrogen-bond donors (Lipinski definition) is 0. The molecule has 0 N–H and O–H groups in total. The Morgan fingerprint density at radius 1 is 1.32 bits per heavy atom. The maximum atomic E-state index is 14.3. The van der Waals surface area contributed by atoms with Gasteiger partial charge < -0.3 is 4.74 Å². The summed E-state index contributed by atoms with van der Waals surface area (Å²) in [5, 5.41) is 3.97. The molecular formula is C18H13F5N2O2S. The SMILES string of the molecule is O=C(N1N=C(C2=CC(F)CC=C2F)SC12CCOc1ccccc12)C(F)(F)F. The number of carbonyl (C=O) groups is 1. The van der Waals surface area contributed by atoms with Gasteiger partial charge in [0.1, 0.15) is 27.7 Å². The van der Waals surface area contributed by atoms with Crippen LogP contribution in [0.25, 0.3) is 0 Å². The third kappa shape index (κ3) is 2.99. The van der Waals surface area contributed by atoms with Gasteiger partial charge in [0.05, 0.1) is 6.61 Å². The Morgan fingerprint density at radius 2 is 2.07 bits per heavy atom. The quantitative estimate of drug-likeness (QED) is 0.629. The van der Waals surface area contributed by atoms with Gasteiger partial charge in [-0.05, 0) is 18.2 Å². The largest absolute Gasteiger partial charge is 0.493 e. The van der Waals surface area contributed by atoms with E-state index in [9.17, 15) is 26.7 Å². The van der Waals surface area contributed by atoms with Gasteiger partial charge in [0, 0.05) is 24.0 Å². The Bertz CT molecular complexity index is 927. The molecule has 0 fully saturated rings. The molecule has 0 radical (unpaired) electrons. The van der Waals surface area contributed by atoms with E-state index in [4.69, 9.17) is 4.74 Å². The van der Waals surface area contributed by atoms with Gasteiger partial charge in [0.15, 0.2) is 0 Å². The van der Waals surface area contributed by atoms with Crippen LogP contribution in [0, 0.1) is 0 Å². The molecule has 1 aromatic carbocycles. The zero-order chi connectivity index (χ0) is 20.1. The molecule has 1 aliphatic carbocycles. The number of alkyl halides is 4. The predicted molar refractivity (Wildman–Crippen MR) is 92.9 cm³/mol. The highest BCUT2D eigenvalue weighted by Gasteiger charge is 2.57. The molecule has 2 aliphatic heterocycles. The van der Waals surface area contributed by atoms with Crippen molar-refractivity contribution in [2.45, 2.75) is 30.1 Å². The summed E-state index contributed by atoms with van der Waals surface area (Å²) >= 11 is 0.801. The molecule has 1 spiro atoms. The van der Waals surface area contributed by atoms with Crippen molar-refractivity contribution in [2.24, 2.45) is 5.10 Å². The Morgan fingerprint density at radius 3 is 2.82 bits per heavy atom. The van der Waals surface area contributed by atoms with E-state index in [1.165, 1.54) is 6.07 Å². The lowest BCUT2D eigenvalue weighted by Crippen LogP contribution is -2.49. The topological polar surface area (TPSA) is 41.9 Å². The minimum atomic E-state index is -5.18. The van der Waals surface area contributed by atoms with E-state index in [1.54, 1.807) is 18.2 Å². The Balaban J connectivity index is 1.84. The number of ether oxygens (including phenoxy) is 1. The van der Waals surface area contributed by atoms with Crippen molar-refractivity contribution >= 4 is 22.7 Å². The fourth-order valence-corrected chi connectivity index (χ4v) is 4.73. The molecule has 4 nitrogen and oxygen atoms in total. The number of nitrogens with zero attached hydrogens (tertiary/aromatic N) is 2. The summed E-state index contributed by atoms with van der Waals surface area (Å²) < 4.78 is 73.3. The molecule has 3 aliphatic rings. The lowest BCUT2D eigenvalue weighted by molar-refractivity contribution is -0.189. The van der Waals surface area contributed by atoms with Crippen molar-refractivity contribution in [3.8, 4) is 5.75 Å². The van der Waals surface area contributed by atoms with E-state index in [0.29, 0.717) is 16.3 Å². The first-order chi connectivity index (χ1) is 13.2. The summed E-state index contributed by atoms with van der Waals surface area (Å²) in [6.07, 6.45) is -4.84. The summed E-state index contributed by atoms with van der Waals surface area (Å²) in [6.45, 7) is 0.0392. The van der Waals surface area contributed by atoms with E-state index in [2.05, 4.69) is 5.10 Å². The minimum absolute atomic E-state index is 0.00116. The number of fused-ring (bicyclic) bond motifs is 2. The normalized spacial score (nSPS) is 27.0. The van der Waals surface area contributed by atoms with Crippen LogP contribution in [0.2, 0.25) is 0 Å². The number of halogens is 5. The first-order valence-corrected chi connectivity index (χ1v) is 9.17. The number of carbonyl (C=O) groups excluding carboxylic acids is 1. The highest BCUT2D eigenvalue weighted by molar-refractivity contribution is 8.15. The van der Waals surface area contributed by atoms with Gasteiger partial charge in [0.2, 0.25) is 0 Å². The number of allylic oxidation sites excluding steroid dienone is 3. The highest BCUT2D eigenvalue weighted by atomic mass is 32.2. The molecule has 10 heteroatoms. The minimum Gasteiger partial charge on any atom is -0.493 e. The van der Waals surface area contributed by atoms with E-state index in [0.717, 1.165) is 23.9 Å². The van der Waals surface area contributed by atoms with Crippen LogP contribution in [0.5, 0.6) is 5.75 Å². The maximum absolute atomic E-state index is 14.3. The molecule has 0 saturated heterocycles. The van der Waals surface area contributed by atoms with Crippen LogP contribution in [0.15, 0.2) is 52.9 Å². The molecule has 4 rings (SSSR count). The van der Waals surface area contributed by atoms with E-state index in [-0.39, 0.29) is 30.1 Å². The van der Waals surface area contributed by atoms with Gasteiger partial charge in [0.25, 0.3) is 0 Å². The molecular weight excluding hydrogens is 403 g/mol. The number of hydrazone groups is 1. The van der Waals surface area contributed by atoms with Gasteiger partial charge in [-0.25, -0.2) is 13.8 Å². The Labute approximate surface area is 160 Å². The first-order valence-electron chi connectivity index (χ1n) is 8.36. The Kier molecular flexibility index (Phi) is 4.48. The van der Waals surface area contributed by atoms with Gasteiger partial charge in [-0.2, -0.15) is 18.3 Å². The van der Waals surface area contributed by atoms with E-state index in [1.807, 2.05) is 0 Å². The second-order valence-electron chi connectivity index (χ2n) is 6.39. The van der Waals surface area contributed by atoms with Crippen molar-refractivity contribution in [2.75, 3.05) is 6.61 Å². The first kappa shape index (κ1) is 19.0. The van der Waals surface area contributed by atoms with Crippen LogP contribution in [-0.2, 0) is 9.67 Å². The standard InChI is InChI=1S/C18H13F5N2O2S/c19-10-5-6-13(20)11(9-10)15-24-25(16(26)18(21,22)23)17(28-15)7-8-27-14-4-2-1-3-12(14)17/h1-4,6,9-10H,5,7-8H2. The Hall–Kier alpha value is -2.36. The van der Waals surface area contributed by atoms with E-state index >= 15 is 0 Å². The molecule has 0 aromatic heterocycles. The highest BCUT2D eigenvalue weighted by Crippen LogP contribution is 2.55.